The molecular formula is C16H25NO5. The molecule has 6 heteroatoms. The summed E-state index contributed by atoms with van der Waals surface area (Å²) in [6, 6.07) is 0. The van der Waals surface area contributed by atoms with Gasteiger partial charge in [0.1, 0.15) is 12.2 Å². The number of cyclic esters (lactones) is 1. The summed E-state index contributed by atoms with van der Waals surface area (Å²) in [6.07, 6.45) is 3.40. The van der Waals surface area contributed by atoms with Gasteiger partial charge in [0.2, 0.25) is 5.91 Å². The first-order valence-corrected chi connectivity index (χ1v) is 7.98. The Morgan fingerprint density at radius 2 is 1.95 bits per heavy atom. The zero-order chi connectivity index (χ0) is 16.3. The summed E-state index contributed by atoms with van der Waals surface area (Å²) in [5.74, 6) is -1.01. The monoisotopic (exact) mass is 311 g/mol. The van der Waals surface area contributed by atoms with E-state index in [1.165, 1.54) is 0 Å². The number of carbonyl (C=O) groups excluding carboxylic acids is 3. The number of ether oxygens (including phenoxy) is 2. The predicted molar refractivity (Wildman–Crippen MR) is 79.0 cm³/mol. The average Bonchev–Trinajstić information content (AvgIpc) is 3.04. The van der Waals surface area contributed by atoms with Crippen LogP contribution in [0.3, 0.4) is 0 Å². The molecule has 0 radical (unpaired) electrons. The first-order valence-electron chi connectivity index (χ1n) is 7.98. The highest BCUT2D eigenvalue weighted by atomic mass is 16.6. The maximum Gasteiger partial charge on any atom is 0.416 e. The van der Waals surface area contributed by atoms with Crippen LogP contribution in [-0.2, 0) is 19.1 Å². The van der Waals surface area contributed by atoms with Gasteiger partial charge in [-0.25, -0.2) is 9.69 Å². The molecular weight excluding hydrogens is 286 g/mol. The van der Waals surface area contributed by atoms with E-state index in [1.54, 1.807) is 20.8 Å². The zero-order valence-corrected chi connectivity index (χ0v) is 13.6. The molecule has 22 heavy (non-hydrogen) atoms. The molecule has 1 aliphatic heterocycles. The molecule has 2 fully saturated rings. The molecule has 0 bridgehead atoms. The normalized spacial score (nSPS) is 20.9. The van der Waals surface area contributed by atoms with Gasteiger partial charge < -0.3 is 9.47 Å². The fourth-order valence-corrected chi connectivity index (χ4v) is 3.17. The summed E-state index contributed by atoms with van der Waals surface area (Å²) in [5, 5.41) is 0. The number of amides is 2. The van der Waals surface area contributed by atoms with Crippen molar-refractivity contribution in [3.05, 3.63) is 0 Å². The van der Waals surface area contributed by atoms with E-state index >= 15 is 0 Å². The van der Waals surface area contributed by atoms with E-state index in [2.05, 4.69) is 0 Å². The van der Waals surface area contributed by atoms with Gasteiger partial charge in [0, 0.05) is 0 Å². The SMILES string of the molecule is CC(C)(C)OC(=O)CC(C(=O)N1CCOC1=O)C1CCCC1. The number of hydrogen-bond acceptors (Lipinski definition) is 5. The maximum atomic E-state index is 12.7. The van der Waals surface area contributed by atoms with Crippen LogP contribution < -0.4 is 0 Å². The Morgan fingerprint density at radius 1 is 1.32 bits per heavy atom. The van der Waals surface area contributed by atoms with Crippen LogP contribution in [-0.4, -0.2) is 41.6 Å². The number of esters is 1. The van der Waals surface area contributed by atoms with Gasteiger partial charge in [0.05, 0.1) is 18.9 Å². The fraction of sp³-hybridized carbons (Fsp3) is 0.812. The molecule has 1 aliphatic carbocycles. The molecule has 0 N–H and O–H groups in total. The Kier molecular flexibility index (Phi) is 5.08. The molecule has 0 aromatic heterocycles. The van der Waals surface area contributed by atoms with Crippen LogP contribution in [0.1, 0.15) is 52.9 Å². The van der Waals surface area contributed by atoms with E-state index in [4.69, 9.17) is 9.47 Å². The van der Waals surface area contributed by atoms with E-state index < -0.39 is 17.6 Å². The Bertz CT molecular complexity index is 448. The Labute approximate surface area is 131 Å². The molecule has 0 aromatic carbocycles. The fourth-order valence-electron chi connectivity index (χ4n) is 3.17. The molecule has 0 spiro atoms. The number of nitrogens with zero attached hydrogens (tertiary/aromatic N) is 1. The van der Waals surface area contributed by atoms with Gasteiger partial charge in [-0.3, -0.25) is 9.59 Å². The maximum absolute atomic E-state index is 12.7. The van der Waals surface area contributed by atoms with Crippen molar-refractivity contribution in [2.45, 2.75) is 58.5 Å². The predicted octanol–water partition coefficient (Wildman–Crippen LogP) is 2.50. The van der Waals surface area contributed by atoms with Gasteiger partial charge in [-0.1, -0.05) is 12.8 Å². The van der Waals surface area contributed by atoms with Gasteiger partial charge in [-0.15, -0.1) is 0 Å². The topological polar surface area (TPSA) is 72.9 Å². The lowest BCUT2D eigenvalue weighted by molar-refractivity contribution is -0.159. The summed E-state index contributed by atoms with van der Waals surface area (Å²) in [6.45, 7) is 5.91. The van der Waals surface area contributed by atoms with Gasteiger partial charge in [-0.05, 0) is 39.5 Å². The van der Waals surface area contributed by atoms with Crippen molar-refractivity contribution in [3.63, 3.8) is 0 Å². The highest BCUT2D eigenvalue weighted by Gasteiger charge is 2.40. The van der Waals surface area contributed by atoms with Gasteiger partial charge in [-0.2, -0.15) is 0 Å². The second kappa shape index (κ2) is 6.67. The van der Waals surface area contributed by atoms with Crippen LogP contribution in [0.25, 0.3) is 0 Å². The third-order valence-electron chi connectivity index (χ3n) is 4.12. The lowest BCUT2D eigenvalue weighted by atomic mass is 9.87. The molecule has 1 saturated carbocycles. The standard InChI is InChI=1S/C16H25NO5/c1-16(2,3)22-13(18)10-12(11-6-4-5-7-11)14(19)17-8-9-21-15(17)20/h11-12H,4-10H2,1-3H3. The number of hydrogen-bond donors (Lipinski definition) is 0. The molecule has 2 rings (SSSR count). The summed E-state index contributed by atoms with van der Waals surface area (Å²) < 4.78 is 10.2. The third kappa shape index (κ3) is 4.21. The summed E-state index contributed by atoms with van der Waals surface area (Å²) in [5.41, 5.74) is -0.576. The van der Waals surface area contributed by atoms with Crippen molar-refractivity contribution >= 4 is 18.0 Å². The quantitative estimate of drug-likeness (QED) is 0.746. The molecule has 0 aromatic rings. The van der Waals surface area contributed by atoms with Crippen molar-refractivity contribution in [1.29, 1.82) is 0 Å². The molecule has 1 saturated heterocycles. The van der Waals surface area contributed by atoms with Crippen LogP contribution in [0.15, 0.2) is 0 Å². The summed E-state index contributed by atoms with van der Waals surface area (Å²) >= 11 is 0. The van der Waals surface area contributed by atoms with Crippen LogP contribution in [0.2, 0.25) is 0 Å². The minimum atomic E-state index is -0.600. The van der Waals surface area contributed by atoms with Crippen LogP contribution in [0.5, 0.6) is 0 Å². The molecule has 124 valence electrons. The van der Waals surface area contributed by atoms with Crippen molar-refractivity contribution in [2.75, 3.05) is 13.2 Å². The van der Waals surface area contributed by atoms with E-state index in [-0.39, 0.29) is 37.4 Å². The number of rotatable bonds is 4. The Hall–Kier alpha value is -1.59. The molecule has 1 unspecified atom stereocenters. The Balaban J connectivity index is 2.07. The van der Waals surface area contributed by atoms with E-state index in [0.29, 0.717) is 0 Å². The number of carbonyl (C=O) groups is 3. The van der Waals surface area contributed by atoms with Crippen LogP contribution >= 0.6 is 0 Å². The van der Waals surface area contributed by atoms with Crippen molar-refractivity contribution in [2.24, 2.45) is 11.8 Å². The molecule has 2 amide bonds. The smallest absolute Gasteiger partial charge is 0.416 e. The highest BCUT2D eigenvalue weighted by Crippen LogP contribution is 2.35. The lowest BCUT2D eigenvalue weighted by Crippen LogP contribution is -2.41. The zero-order valence-electron chi connectivity index (χ0n) is 13.6. The summed E-state index contributed by atoms with van der Waals surface area (Å²) in [4.78, 5) is 37.5. The highest BCUT2D eigenvalue weighted by molar-refractivity contribution is 5.95. The Morgan fingerprint density at radius 3 is 2.45 bits per heavy atom. The molecule has 1 atom stereocenters. The largest absolute Gasteiger partial charge is 0.460 e. The van der Waals surface area contributed by atoms with E-state index in [9.17, 15) is 14.4 Å². The van der Waals surface area contributed by atoms with Crippen LogP contribution in [0.4, 0.5) is 4.79 Å². The minimum absolute atomic E-state index is 0.0323. The molecule has 1 heterocycles. The van der Waals surface area contributed by atoms with Crippen molar-refractivity contribution in [3.8, 4) is 0 Å². The average molecular weight is 311 g/mol. The van der Waals surface area contributed by atoms with Gasteiger partial charge >= 0.3 is 12.1 Å². The van der Waals surface area contributed by atoms with E-state index in [0.717, 1.165) is 30.6 Å². The third-order valence-corrected chi connectivity index (χ3v) is 4.12. The van der Waals surface area contributed by atoms with E-state index in [1.807, 2.05) is 0 Å². The van der Waals surface area contributed by atoms with Gasteiger partial charge in [0.25, 0.3) is 0 Å². The minimum Gasteiger partial charge on any atom is -0.460 e. The second-order valence-corrected chi connectivity index (χ2v) is 7.05. The second-order valence-electron chi connectivity index (χ2n) is 7.05. The first kappa shape index (κ1) is 16.8. The van der Waals surface area contributed by atoms with Crippen molar-refractivity contribution in [1.82, 2.24) is 4.90 Å². The molecule has 6 nitrogen and oxygen atoms in total. The summed E-state index contributed by atoms with van der Waals surface area (Å²) in [7, 11) is 0. The lowest BCUT2D eigenvalue weighted by Gasteiger charge is -2.26. The number of imide groups is 1. The van der Waals surface area contributed by atoms with Crippen molar-refractivity contribution < 1.29 is 23.9 Å². The molecule has 2 aliphatic rings. The van der Waals surface area contributed by atoms with Crippen LogP contribution in [0, 0.1) is 11.8 Å². The first-order chi connectivity index (χ1) is 10.3. The van der Waals surface area contributed by atoms with Gasteiger partial charge in [0.15, 0.2) is 0 Å².